The number of carbonyl (C=O) groups is 5. The molecule has 3 atom stereocenters. The first-order chi connectivity index (χ1) is 15.8. The molecule has 1 aromatic carbocycles. The van der Waals surface area contributed by atoms with Crippen LogP contribution in [0.2, 0.25) is 0 Å². The van der Waals surface area contributed by atoms with Crippen molar-refractivity contribution in [2.75, 3.05) is 12.3 Å². The van der Waals surface area contributed by atoms with Crippen molar-refractivity contribution in [3.8, 4) is 11.5 Å². The summed E-state index contributed by atoms with van der Waals surface area (Å²) in [4.78, 5) is 57.1. The normalized spacial score (nSPS) is 13.4. The zero-order chi connectivity index (χ0) is 26.0. The molecule has 0 aliphatic carbocycles. The van der Waals surface area contributed by atoms with E-state index in [2.05, 4.69) is 10.6 Å². The Kier molecular flexibility index (Phi) is 11.1. The van der Waals surface area contributed by atoms with E-state index >= 15 is 0 Å². The van der Waals surface area contributed by atoms with Gasteiger partial charge >= 0.3 is 17.9 Å². The highest BCUT2D eigenvalue weighted by molar-refractivity contribution is 7.99. The monoisotopic (exact) mass is 502 g/mol. The van der Waals surface area contributed by atoms with Crippen LogP contribution < -0.4 is 22.1 Å². The predicted molar refractivity (Wildman–Crippen MR) is 117 cm³/mol. The Morgan fingerprint density at radius 3 is 2.15 bits per heavy atom. The summed E-state index contributed by atoms with van der Waals surface area (Å²) in [6, 6.07) is -1.38. The number of aliphatic carboxylic acids is 3. The minimum Gasteiger partial charge on any atom is -0.504 e. The summed E-state index contributed by atoms with van der Waals surface area (Å²) in [6.45, 7) is -0.728. The third-order valence-corrected chi connectivity index (χ3v) is 5.48. The number of rotatable bonds is 14. The number of carboxylic acid groups (broad SMARTS) is 3. The molecule has 11 N–H and O–H groups in total. The average molecular weight is 503 g/mol. The molecule has 0 bridgehead atoms. The first-order valence-corrected chi connectivity index (χ1v) is 10.7. The summed E-state index contributed by atoms with van der Waals surface area (Å²) in [5.74, 6) is -6.84. The maximum atomic E-state index is 12.4. The summed E-state index contributed by atoms with van der Waals surface area (Å²) >= 11 is 0.813. The molecule has 0 heterocycles. The first kappa shape index (κ1) is 28.5. The van der Waals surface area contributed by atoms with Gasteiger partial charge in [0.15, 0.2) is 11.5 Å². The van der Waals surface area contributed by atoms with Gasteiger partial charge in [0.05, 0.1) is 4.90 Å². The van der Waals surface area contributed by atoms with Crippen molar-refractivity contribution in [3.63, 3.8) is 0 Å². The van der Waals surface area contributed by atoms with E-state index < -0.39 is 65.9 Å². The molecule has 0 aromatic heterocycles. The second kappa shape index (κ2) is 13.2. The quantitative estimate of drug-likeness (QED) is 0.0987. The predicted octanol–water partition coefficient (Wildman–Crippen LogP) is -1.98. The molecule has 1 unspecified atom stereocenters. The van der Waals surface area contributed by atoms with Gasteiger partial charge in [0.1, 0.15) is 24.7 Å². The molecule has 14 nitrogen and oxygen atoms in total. The lowest BCUT2D eigenvalue weighted by atomic mass is 10.1. The van der Waals surface area contributed by atoms with Crippen LogP contribution in [0.5, 0.6) is 11.5 Å². The number of hydrogen-bond donors (Lipinski definition) is 9. The number of nitrogens with two attached hydrogens (primary N) is 2. The van der Waals surface area contributed by atoms with Crippen LogP contribution >= 0.6 is 11.8 Å². The molecule has 1 rings (SSSR count). The number of carbonyl (C=O) groups excluding carboxylic acids is 2. The van der Waals surface area contributed by atoms with E-state index in [1.54, 1.807) is 0 Å². The number of amides is 2. The number of phenolic OH excluding ortho intramolecular Hbond substituents is 2. The van der Waals surface area contributed by atoms with Gasteiger partial charge in [-0.1, -0.05) is 0 Å². The zero-order valence-corrected chi connectivity index (χ0v) is 18.6. The fourth-order valence-corrected chi connectivity index (χ4v) is 3.59. The molecule has 0 saturated carbocycles. The number of phenols is 2. The zero-order valence-electron chi connectivity index (χ0n) is 17.8. The fraction of sp³-hybridized carbons (Fsp3) is 0.421. The molecule has 15 heteroatoms. The van der Waals surface area contributed by atoms with Crippen molar-refractivity contribution in [1.82, 2.24) is 10.6 Å². The second-order valence-corrected chi connectivity index (χ2v) is 8.20. The van der Waals surface area contributed by atoms with Crippen molar-refractivity contribution in [2.45, 2.75) is 42.3 Å². The van der Waals surface area contributed by atoms with Crippen LogP contribution in [-0.4, -0.2) is 85.7 Å². The van der Waals surface area contributed by atoms with Gasteiger partial charge in [0.2, 0.25) is 11.8 Å². The van der Waals surface area contributed by atoms with Crippen molar-refractivity contribution < 1.29 is 49.5 Å². The third-order valence-electron chi connectivity index (χ3n) is 4.36. The standard InChI is InChI=1S/C19H26N4O10S/c20-9(18(30)31)1-2-14(25)23-11(17(29)22-6-15(26)27)7-34-13-5-8(3-10(21)19(32)33)4-12(24)16(13)28/h4-5,9-11,24,28H,1-3,6-7,20-21H2,(H,22,29)(H,23,25)(H,26,27)(H,30,31)(H,32,33)/t9-,10?,11-/m0/s1. The summed E-state index contributed by atoms with van der Waals surface area (Å²) in [7, 11) is 0. The van der Waals surface area contributed by atoms with E-state index in [0.717, 1.165) is 17.8 Å². The molecule has 34 heavy (non-hydrogen) atoms. The smallest absolute Gasteiger partial charge is 0.322 e. The van der Waals surface area contributed by atoms with Crippen LogP contribution in [-0.2, 0) is 30.4 Å². The van der Waals surface area contributed by atoms with E-state index in [1.807, 2.05) is 0 Å². The highest BCUT2D eigenvalue weighted by Crippen LogP contribution is 2.37. The minimum absolute atomic E-state index is 0.0470. The third kappa shape index (κ3) is 9.51. The van der Waals surface area contributed by atoms with Gasteiger partial charge in [-0.3, -0.25) is 24.0 Å². The molecular weight excluding hydrogens is 476 g/mol. The lowest BCUT2D eigenvalue weighted by molar-refractivity contribution is -0.139. The van der Waals surface area contributed by atoms with Gasteiger partial charge in [-0.15, -0.1) is 11.8 Å². The van der Waals surface area contributed by atoms with Gasteiger partial charge in [-0.05, 0) is 30.5 Å². The average Bonchev–Trinajstić information content (AvgIpc) is 2.75. The number of aromatic hydroxyl groups is 2. The topological polar surface area (TPSA) is 263 Å². The summed E-state index contributed by atoms with van der Waals surface area (Å²) in [5.41, 5.74) is 11.1. The molecule has 0 spiro atoms. The molecule has 1 aromatic rings. The highest BCUT2D eigenvalue weighted by atomic mass is 32.2. The SMILES string of the molecule is NC(Cc1cc(O)c(O)c(SC[C@H](NC(=O)CC[C@H](N)C(=O)O)C(=O)NCC(=O)O)c1)C(=O)O. The van der Waals surface area contributed by atoms with Crippen LogP contribution in [0.1, 0.15) is 18.4 Å². The second-order valence-electron chi connectivity index (χ2n) is 7.14. The summed E-state index contributed by atoms with van der Waals surface area (Å²) in [6.07, 6.45) is -0.701. The molecule has 0 radical (unpaired) electrons. The Bertz CT molecular complexity index is 942. The van der Waals surface area contributed by atoms with E-state index in [4.69, 9.17) is 26.8 Å². The molecule has 0 saturated heterocycles. The molecule has 0 aliphatic heterocycles. The van der Waals surface area contributed by atoms with E-state index in [1.165, 1.54) is 6.07 Å². The van der Waals surface area contributed by atoms with E-state index in [-0.39, 0.29) is 35.5 Å². The van der Waals surface area contributed by atoms with Gasteiger partial charge in [-0.25, -0.2) is 0 Å². The van der Waals surface area contributed by atoms with Crippen LogP contribution in [0.15, 0.2) is 17.0 Å². The number of thioether (sulfide) groups is 1. The highest BCUT2D eigenvalue weighted by Gasteiger charge is 2.24. The van der Waals surface area contributed by atoms with Crippen molar-refractivity contribution in [2.24, 2.45) is 11.5 Å². The first-order valence-electron chi connectivity index (χ1n) is 9.75. The minimum atomic E-state index is -1.33. The largest absolute Gasteiger partial charge is 0.504 e. The molecule has 188 valence electrons. The number of hydrogen-bond acceptors (Lipinski definition) is 10. The molecule has 0 fully saturated rings. The molecular formula is C19H26N4O10S. The Morgan fingerprint density at radius 1 is 0.971 bits per heavy atom. The van der Waals surface area contributed by atoms with Gasteiger partial charge in [0, 0.05) is 12.2 Å². The van der Waals surface area contributed by atoms with Gasteiger partial charge in [0.25, 0.3) is 0 Å². The maximum absolute atomic E-state index is 12.4. The Morgan fingerprint density at radius 2 is 1.59 bits per heavy atom. The number of carboxylic acids is 3. The van der Waals surface area contributed by atoms with E-state index in [9.17, 15) is 34.2 Å². The van der Waals surface area contributed by atoms with Crippen LogP contribution in [0.3, 0.4) is 0 Å². The Hall–Kier alpha value is -3.56. The molecule has 2 amide bonds. The summed E-state index contributed by atoms with van der Waals surface area (Å²) in [5, 5.41) is 51.0. The lowest BCUT2D eigenvalue weighted by Gasteiger charge is -2.19. The van der Waals surface area contributed by atoms with Gasteiger partial charge < -0.3 is 47.6 Å². The van der Waals surface area contributed by atoms with Crippen molar-refractivity contribution >= 4 is 41.5 Å². The van der Waals surface area contributed by atoms with Crippen molar-refractivity contribution in [1.29, 1.82) is 0 Å². The maximum Gasteiger partial charge on any atom is 0.322 e. The molecule has 0 aliphatic rings. The Balaban J connectivity index is 2.98. The fourth-order valence-electron chi connectivity index (χ4n) is 2.54. The summed E-state index contributed by atoms with van der Waals surface area (Å²) < 4.78 is 0. The number of nitrogens with one attached hydrogen (secondary N) is 2. The Labute approximate surface area is 197 Å². The van der Waals surface area contributed by atoms with E-state index in [0.29, 0.717) is 0 Å². The van der Waals surface area contributed by atoms with Gasteiger partial charge in [-0.2, -0.15) is 0 Å². The van der Waals surface area contributed by atoms with Crippen molar-refractivity contribution in [3.05, 3.63) is 17.7 Å². The number of benzene rings is 1. The van der Waals surface area contributed by atoms with Crippen LogP contribution in [0.25, 0.3) is 0 Å². The lowest BCUT2D eigenvalue weighted by Crippen LogP contribution is -2.49. The van der Waals surface area contributed by atoms with Crippen LogP contribution in [0.4, 0.5) is 0 Å². The van der Waals surface area contributed by atoms with Crippen LogP contribution in [0, 0.1) is 0 Å².